The van der Waals surface area contributed by atoms with Crippen molar-refractivity contribution in [3.63, 3.8) is 0 Å². The molecule has 2 aromatic carbocycles. The molecule has 0 saturated carbocycles. The average molecular weight is 265 g/mol. The van der Waals surface area contributed by atoms with Crippen LogP contribution in [-0.4, -0.2) is 0 Å². The van der Waals surface area contributed by atoms with Gasteiger partial charge >= 0.3 is 0 Å². The van der Waals surface area contributed by atoms with Gasteiger partial charge in [-0.3, -0.25) is 0 Å². The van der Waals surface area contributed by atoms with Crippen LogP contribution in [0.3, 0.4) is 0 Å². The molecule has 1 aromatic heterocycles. The molecule has 2 heteroatoms. The number of furan rings is 1. The Balaban J connectivity index is 1.74. The number of benzene rings is 2. The lowest BCUT2D eigenvalue weighted by Gasteiger charge is -2.09. The Kier molecular flexibility index (Phi) is 3.46. The third kappa shape index (κ3) is 2.69. The van der Waals surface area contributed by atoms with Crippen LogP contribution in [0, 0.1) is 0 Å². The molecule has 0 amide bonds. The number of hydrogen-bond acceptors (Lipinski definition) is 2. The number of anilines is 1. The molecule has 0 spiro atoms. The second kappa shape index (κ2) is 5.41. The molecule has 3 aromatic rings. The quantitative estimate of drug-likeness (QED) is 0.704. The Morgan fingerprint density at radius 2 is 1.85 bits per heavy atom. The van der Waals surface area contributed by atoms with Crippen LogP contribution in [-0.2, 0) is 6.54 Å². The molecule has 0 aliphatic carbocycles. The second-order valence-electron chi connectivity index (χ2n) is 5.38. The minimum absolute atomic E-state index is 0.544. The van der Waals surface area contributed by atoms with Gasteiger partial charge in [-0.15, -0.1) is 0 Å². The molecule has 0 atom stereocenters. The summed E-state index contributed by atoms with van der Waals surface area (Å²) in [5.41, 5.74) is 3.43. The number of para-hydroxylation sites is 1. The maximum Gasteiger partial charge on any atom is 0.134 e. The van der Waals surface area contributed by atoms with Gasteiger partial charge in [0, 0.05) is 11.1 Å². The summed E-state index contributed by atoms with van der Waals surface area (Å²) in [6.45, 7) is 5.12. The molecule has 1 N–H and O–H groups in total. The zero-order valence-electron chi connectivity index (χ0n) is 11.9. The van der Waals surface area contributed by atoms with Gasteiger partial charge in [-0.25, -0.2) is 0 Å². The molecule has 0 aliphatic rings. The van der Waals surface area contributed by atoms with Crippen LogP contribution in [0.15, 0.2) is 59.0 Å². The van der Waals surface area contributed by atoms with E-state index in [1.54, 1.807) is 0 Å². The highest BCUT2D eigenvalue weighted by molar-refractivity contribution is 5.77. The molecule has 20 heavy (non-hydrogen) atoms. The van der Waals surface area contributed by atoms with Gasteiger partial charge in [-0.05, 0) is 35.7 Å². The molecule has 0 saturated heterocycles. The van der Waals surface area contributed by atoms with Crippen molar-refractivity contribution in [2.75, 3.05) is 5.32 Å². The van der Waals surface area contributed by atoms with E-state index in [0.29, 0.717) is 12.5 Å². The first kappa shape index (κ1) is 12.8. The third-order valence-corrected chi connectivity index (χ3v) is 3.50. The highest BCUT2D eigenvalue weighted by Gasteiger charge is 2.04. The van der Waals surface area contributed by atoms with E-state index in [2.05, 4.69) is 55.6 Å². The van der Waals surface area contributed by atoms with Crippen LogP contribution >= 0.6 is 0 Å². The van der Waals surface area contributed by atoms with Crippen molar-refractivity contribution in [1.82, 2.24) is 0 Å². The summed E-state index contributed by atoms with van der Waals surface area (Å²) in [7, 11) is 0. The number of nitrogens with one attached hydrogen (secondary N) is 1. The summed E-state index contributed by atoms with van der Waals surface area (Å²) >= 11 is 0. The topological polar surface area (TPSA) is 25.2 Å². The fourth-order valence-corrected chi connectivity index (χ4v) is 2.32. The Hall–Kier alpha value is -2.22. The van der Waals surface area contributed by atoms with Gasteiger partial charge in [0.05, 0.1) is 6.54 Å². The highest BCUT2D eigenvalue weighted by atomic mass is 16.3. The summed E-state index contributed by atoms with van der Waals surface area (Å²) < 4.78 is 5.80. The van der Waals surface area contributed by atoms with Gasteiger partial charge in [0.1, 0.15) is 11.3 Å². The fraction of sp³-hybridized carbons (Fsp3) is 0.222. The first-order valence-corrected chi connectivity index (χ1v) is 7.03. The van der Waals surface area contributed by atoms with E-state index in [9.17, 15) is 0 Å². The van der Waals surface area contributed by atoms with Gasteiger partial charge in [0.15, 0.2) is 0 Å². The largest absolute Gasteiger partial charge is 0.459 e. The molecule has 2 nitrogen and oxygen atoms in total. The Morgan fingerprint density at radius 1 is 1.00 bits per heavy atom. The first-order chi connectivity index (χ1) is 9.72. The predicted octanol–water partition coefficient (Wildman–Crippen LogP) is 5.17. The standard InChI is InChI=1S/C18H19NO/c1-13(2)14-7-5-8-16(10-14)19-12-17-11-15-6-3-4-9-18(15)20-17/h3-11,13,19H,12H2,1-2H3. The van der Waals surface area contributed by atoms with Gasteiger partial charge in [-0.2, -0.15) is 0 Å². The molecular weight excluding hydrogens is 246 g/mol. The van der Waals surface area contributed by atoms with Crippen LogP contribution in [0.25, 0.3) is 11.0 Å². The van der Waals surface area contributed by atoms with E-state index < -0.39 is 0 Å². The minimum atomic E-state index is 0.544. The SMILES string of the molecule is CC(C)c1cccc(NCc2cc3ccccc3o2)c1. The lowest BCUT2D eigenvalue weighted by Crippen LogP contribution is -1.99. The van der Waals surface area contributed by atoms with Crippen LogP contribution in [0.1, 0.15) is 31.1 Å². The molecule has 1 heterocycles. The van der Waals surface area contributed by atoms with Crippen LogP contribution in [0.4, 0.5) is 5.69 Å². The van der Waals surface area contributed by atoms with Crippen LogP contribution < -0.4 is 5.32 Å². The molecule has 0 aliphatic heterocycles. The zero-order chi connectivity index (χ0) is 13.9. The van der Waals surface area contributed by atoms with E-state index in [1.807, 2.05) is 18.2 Å². The van der Waals surface area contributed by atoms with Gasteiger partial charge < -0.3 is 9.73 Å². The van der Waals surface area contributed by atoms with E-state index in [1.165, 1.54) is 5.56 Å². The number of rotatable bonds is 4. The fourth-order valence-electron chi connectivity index (χ4n) is 2.32. The van der Waals surface area contributed by atoms with Crippen molar-refractivity contribution in [3.8, 4) is 0 Å². The molecular formula is C18H19NO. The second-order valence-corrected chi connectivity index (χ2v) is 5.38. The molecule has 0 unspecified atom stereocenters. The third-order valence-electron chi connectivity index (χ3n) is 3.50. The summed E-state index contributed by atoms with van der Waals surface area (Å²) in [5, 5.41) is 4.58. The molecule has 102 valence electrons. The molecule has 0 radical (unpaired) electrons. The zero-order valence-corrected chi connectivity index (χ0v) is 11.9. The van der Waals surface area contributed by atoms with E-state index in [4.69, 9.17) is 4.42 Å². The van der Waals surface area contributed by atoms with Gasteiger partial charge in [-0.1, -0.05) is 44.2 Å². The Labute approximate surface area is 119 Å². The monoisotopic (exact) mass is 265 g/mol. The normalized spacial score (nSPS) is 11.2. The maximum absolute atomic E-state index is 5.80. The van der Waals surface area contributed by atoms with Crippen molar-refractivity contribution in [2.45, 2.75) is 26.3 Å². The van der Waals surface area contributed by atoms with Crippen molar-refractivity contribution < 1.29 is 4.42 Å². The van der Waals surface area contributed by atoms with Crippen molar-refractivity contribution >= 4 is 16.7 Å². The lowest BCUT2D eigenvalue weighted by molar-refractivity contribution is 0.559. The van der Waals surface area contributed by atoms with Crippen molar-refractivity contribution in [1.29, 1.82) is 0 Å². The van der Waals surface area contributed by atoms with Crippen LogP contribution in [0.2, 0.25) is 0 Å². The smallest absolute Gasteiger partial charge is 0.134 e. The summed E-state index contributed by atoms with van der Waals surface area (Å²) in [6, 6.07) is 18.7. The minimum Gasteiger partial charge on any atom is -0.459 e. The summed E-state index contributed by atoms with van der Waals surface area (Å²) in [6.07, 6.45) is 0. The molecule has 0 fully saturated rings. The average Bonchev–Trinajstić information content (AvgIpc) is 2.88. The van der Waals surface area contributed by atoms with Crippen LogP contribution in [0.5, 0.6) is 0 Å². The van der Waals surface area contributed by atoms with Gasteiger partial charge in [0.25, 0.3) is 0 Å². The summed E-state index contributed by atoms with van der Waals surface area (Å²) in [5.74, 6) is 1.50. The molecule has 0 bridgehead atoms. The highest BCUT2D eigenvalue weighted by Crippen LogP contribution is 2.21. The predicted molar refractivity (Wildman–Crippen MR) is 84.1 cm³/mol. The maximum atomic E-state index is 5.80. The van der Waals surface area contributed by atoms with E-state index in [0.717, 1.165) is 22.4 Å². The van der Waals surface area contributed by atoms with Gasteiger partial charge in [0.2, 0.25) is 0 Å². The number of fused-ring (bicyclic) bond motifs is 1. The first-order valence-electron chi connectivity index (χ1n) is 7.03. The number of hydrogen-bond donors (Lipinski definition) is 1. The molecule has 3 rings (SSSR count). The Bertz CT molecular complexity index is 679. The lowest BCUT2D eigenvalue weighted by atomic mass is 10.0. The van der Waals surface area contributed by atoms with E-state index in [-0.39, 0.29) is 0 Å². The van der Waals surface area contributed by atoms with Crippen molar-refractivity contribution in [3.05, 3.63) is 65.9 Å². The van der Waals surface area contributed by atoms with Crippen molar-refractivity contribution in [2.24, 2.45) is 0 Å². The van der Waals surface area contributed by atoms with E-state index >= 15 is 0 Å². The Morgan fingerprint density at radius 3 is 2.65 bits per heavy atom. The summed E-state index contributed by atoms with van der Waals surface area (Å²) in [4.78, 5) is 0.